The third-order valence-corrected chi connectivity index (χ3v) is 6.27. The number of hydrogen-bond acceptors (Lipinski definition) is 7. The summed E-state index contributed by atoms with van der Waals surface area (Å²) in [6.07, 6.45) is 6.26. The van der Waals surface area contributed by atoms with E-state index in [1.54, 1.807) is 6.20 Å². The van der Waals surface area contributed by atoms with Crippen molar-refractivity contribution < 1.29 is 9.53 Å². The Balaban J connectivity index is 1.31. The van der Waals surface area contributed by atoms with Crippen LogP contribution in [0.5, 0.6) is 0 Å². The van der Waals surface area contributed by atoms with Gasteiger partial charge in [-0.05, 0) is 31.9 Å². The molecule has 1 atom stereocenters. The highest BCUT2D eigenvalue weighted by Gasteiger charge is 2.50. The maximum atomic E-state index is 12.7. The Morgan fingerprint density at radius 3 is 2.70 bits per heavy atom. The maximum Gasteiger partial charge on any atom is 0.312 e. The van der Waals surface area contributed by atoms with Gasteiger partial charge in [-0.3, -0.25) is 4.79 Å². The number of nitrogens with zero attached hydrogens (tertiary/aromatic N) is 5. The average Bonchev–Trinajstić information content (AvgIpc) is 3.07. The van der Waals surface area contributed by atoms with E-state index in [-0.39, 0.29) is 12.1 Å². The molecule has 2 aliphatic rings. The molecule has 2 aliphatic heterocycles. The zero-order chi connectivity index (χ0) is 21.0. The third kappa shape index (κ3) is 4.29. The minimum atomic E-state index is -0.406. The van der Waals surface area contributed by atoms with Crippen LogP contribution in [0, 0.1) is 16.7 Å². The molecule has 7 nitrogen and oxygen atoms in total. The quantitative estimate of drug-likeness (QED) is 0.683. The summed E-state index contributed by atoms with van der Waals surface area (Å²) < 4.78 is 5.78. The first-order valence-electron chi connectivity index (χ1n) is 10.5. The lowest BCUT2D eigenvalue weighted by molar-refractivity contribution is -0.150. The van der Waals surface area contributed by atoms with Crippen molar-refractivity contribution in [2.45, 2.75) is 31.8 Å². The Morgan fingerprint density at radius 2 is 1.97 bits per heavy atom. The number of benzene rings is 1. The van der Waals surface area contributed by atoms with Crippen molar-refractivity contribution in [3.8, 4) is 6.07 Å². The molecule has 2 fully saturated rings. The largest absolute Gasteiger partial charge is 0.461 e. The molecule has 0 amide bonds. The van der Waals surface area contributed by atoms with Crippen LogP contribution < -0.4 is 4.90 Å². The Hall–Kier alpha value is -2.98. The number of anilines is 1. The fourth-order valence-electron chi connectivity index (χ4n) is 4.54. The number of likely N-dealkylation sites (N-methyl/N-ethyl adjacent to an activating group) is 1. The van der Waals surface area contributed by atoms with Gasteiger partial charge in [-0.2, -0.15) is 5.26 Å². The van der Waals surface area contributed by atoms with Crippen molar-refractivity contribution in [2.24, 2.45) is 5.41 Å². The highest BCUT2D eigenvalue weighted by Crippen LogP contribution is 2.43. The molecule has 0 bridgehead atoms. The number of hydrogen-bond donors (Lipinski definition) is 0. The fourth-order valence-corrected chi connectivity index (χ4v) is 4.54. The number of rotatable bonds is 6. The van der Waals surface area contributed by atoms with Crippen molar-refractivity contribution in [1.29, 1.82) is 5.26 Å². The van der Waals surface area contributed by atoms with Gasteiger partial charge in [-0.25, -0.2) is 9.97 Å². The van der Waals surface area contributed by atoms with Gasteiger partial charge in [0.2, 0.25) is 0 Å². The monoisotopic (exact) mass is 405 g/mol. The van der Waals surface area contributed by atoms with Crippen LogP contribution in [-0.2, 0) is 16.0 Å². The first kappa shape index (κ1) is 20.3. The van der Waals surface area contributed by atoms with Crippen LogP contribution in [0.1, 0.15) is 30.5 Å². The molecule has 7 heteroatoms. The van der Waals surface area contributed by atoms with Crippen molar-refractivity contribution in [3.05, 3.63) is 54.0 Å². The molecule has 1 spiro atoms. The summed E-state index contributed by atoms with van der Waals surface area (Å²) in [4.78, 5) is 25.5. The number of cyclic esters (lactones) is 1. The topological polar surface area (TPSA) is 82.4 Å². The second-order valence-electron chi connectivity index (χ2n) is 8.34. The number of ether oxygens (including phenoxy) is 1. The molecular weight excluding hydrogens is 378 g/mol. The van der Waals surface area contributed by atoms with E-state index in [1.165, 1.54) is 11.8 Å². The molecule has 0 saturated carbocycles. The van der Waals surface area contributed by atoms with Crippen molar-refractivity contribution in [3.63, 3.8) is 0 Å². The predicted molar refractivity (Wildman–Crippen MR) is 113 cm³/mol. The second kappa shape index (κ2) is 8.80. The molecule has 156 valence electrons. The average molecular weight is 406 g/mol. The minimum absolute atomic E-state index is 0.0593. The molecular formula is C23H27N5O2. The van der Waals surface area contributed by atoms with Crippen molar-refractivity contribution in [1.82, 2.24) is 14.9 Å². The maximum absolute atomic E-state index is 12.7. The van der Waals surface area contributed by atoms with Gasteiger partial charge in [-0.1, -0.05) is 30.3 Å². The van der Waals surface area contributed by atoms with Crippen molar-refractivity contribution in [2.75, 3.05) is 38.1 Å². The van der Waals surface area contributed by atoms with Crippen LogP contribution in [0.4, 0.5) is 5.82 Å². The van der Waals surface area contributed by atoms with Gasteiger partial charge in [0.15, 0.2) is 11.5 Å². The van der Waals surface area contributed by atoms with Gasteiger partial charge in [0, 0.05) is 45.0 Å². The molecule has 3 heterocycles. The van der Waals surface area contributed by atoms with Gasteiger partial charge in [0.1, 0.15) is 12.2 Å². The smallest absolute Gasteiger partial charge is 0.312 e. The number of carbonyl (C=O) groups is 1. The first-order chi connectivity index (χ1) is 14.6. The van der Waals surface area contributed by atoms with Gasteiger partial charge in [0.05, 0.1) is 5.41 Å². The van der Waals surface area contributed by atoms with Crippen LogP contribution in [0.2, 0.25) is 0 Å². The molecule has 30 heavy (non-hydrogen) atoms. The number of esters is 1. The number of piperidine rings is 1. The summed E-state index contributed by atoms with van der Waals surface area (Å²) in [7, 11) is 2.09. The van der Waals surface area contributed by atoms with Gasteiger partial charge in [-0.15, -0.1) is 0 Å². The molecule has 0 aliphatic carbocycles. The van der Waals surface area contributed by atoms with E-state index in [2.05, 4.69) is 57.2 Å². The highest BCUT2D eigenvalue weighted by atomic mass is 16.6. The van der Waals surface area contributed by atoms with Gasteiger partial charge < -0.3 is 14.5 Å². The van der Waals surface area contributed by atoms with Crippen LogP contribution in [0.25, 0.3) is 0 Å². The summed E-state index contributed by atoms with van der Waals surface area (Å²) in [5, 5.41) is 9.27. The summed E-state index contributed by atoms with van der Waals surface area (Å²) in [6.45, 7) is 3.05. The zero-order valence-electron chi connectivity index (χ0n) is 17.3. The second-order valence-corrected chi connectivity index (χ2v) is 8.34. The molecule has 0 radical (unpaired) electrons. The number of carbonyl (C=O) groups excluding carboxylic acids is 1. The SMILES string of the molecule is CN(CCc1ccccc1)CC1CC2(CCN(c3nccnc3C#N)CC2)C(=O)O1. The van der Waals surface area contributed by atoms with Crippen LogP contribution in [-0.4, -0.2) is 60.2 Å². The lowest BCUT2D eigenvalue weighted by atomic mass is 9.76. The molecule has 2 saturated heterocycles. The van der Waals surface area contributed by atoms with E-state index < -0.39 is 5.41 Å². The van der Waals surface area contributed by atoms with Crippen LogP contribution in [0.15, 0.2) is 42.7 Å². The fraction of sp³-hybridized carbons (Fsp3) is 0.478. The van der Waals surface area contributed by atoms with E-state index in [4.69, 9.17) is 4.74 Å². The van der Waals surface area contributed by atoms with Crippen molar-refractivity contribution >= 4 is 11.8 Å². The summed E-state index contributed by atoms with van der Waals surface area (Å²) in [5.74, 6) is 0.543. The predicted octanol–water partition coefficient (Wildman–Crippen LogP) is 2.42. The number of aromatic nitrogens is 2. The Labute approximate surface area is 177 Å². The molecule has 1 aromatic heterocycles. The van der Waals surface area contributed by atoms with E-state index >= 15 is 0 Å². The van der Waals surface area contributed by atoms with E-state index in [1.807, 2.05) is 6.07 Å². The number of nitriles is 1. The van der Waals surface area contributed by atoms with Gasteiger partial charge >= 0.3 is 5.97 Å². The molecule has 0 N–H and O–H groups in total. The lowest BCUT2D eigenvalue weighted by Crippen LogP contribution is -2.43. The Morgan fingerprint density at radius 1 is 1.23 bits per heavy atom. The van der Waals surface area contributed by atoms with E-state index in [0.29, 0.717) is 24.6 Å². The van der Waals surface area contributed by atoms with Crippen LogP contribution in [0.3, 0.4) is 0 Å². The summed E-state index contributed by atoms with van der Waals surface area (Å²) in [6, 6.07) is 12.5. The molecule has 4 rings (SSSR count). The van der Waals surface area contributed by atoms with E-state index in [9.17, 15) is 10.1 Å². The Kier molecular flexibility index (Phi) is 5.96. The standard InChI is InChI=1S/C23H27N5O2/c1-27(12-7-18-5-3-2-4-6-18)17-19-15-23(22(29)30-19)8-13-28(14-9-23)21-20(16-24)25-10-11-26-21/h2-6,10-11,19H,7-9,12-15,17H2,1H3. The third-order valence-electron chi connectivity index (χ3n) is 6.27. The minimum Gasteiger partial charge on any atom is -0.461 e. The highest BCUT2D eigenvalue weighted by molar-refractivity contribution is 5.79. The lowest BCUT2D eigenvalue weighted by Gasteiger charge is -2.37. The van der Waals surface area contributed by atoms with Crippen LogP contribution >= 0.6 is 0 Å². The summed E-state index contributed by atoms with van der Waals surface area (Å²) in [5.41, 5.74) is 1.24. The zero-order valence-corrected chi connectivity index (χ0v) is 17.3. The first-order valence-corrected chi connectivity index (χ1v) is 10.5. The van der Waals surface area contributed by atoms with E-state index in [0.717, 1.165) is 38.8 Å². The normalized spacial score (nSPS) is 20.4. The molecule has 1 aromatic carbocycles. The molecule has 2 aromatic rings. The summed E-state index contributed by atoms with van der Waals surface area (Å²) >= 11 is 0. The molecule has 1 unspecified atom stereocenters. The Bertz CT molecular complexity index is 919. The van der Waals surface area contributed by atoms with Gasteiger partial charge in [0.25, 0.3) is 0 Å².